The van der Waals surface area contributed by atoms with Crippen LogP contribution in [0.5, 0.6) is 0 Å². The van der Waals surface area contributed by atoms with Crippen molar-refractivity contribution < 1.29 is 9.32 Å². The summed E-state index contributed by atoms with van der Waals surface area (Å²) in [6, 6.07) is 1.61. The first-order valence-corrected chi connectivity index (χ1v) is 9.16. The Morgan fingerprint density at radius 2 is 2.23 bits per heavy atom. The van der Waals surface area contributed by atoms with E-state index < -0.39 is 0 Å². The highest BCUT2D eigenvalue weighted by Gasteiger charge is 2.27. The van der Waals surface area contributed by atoms with Gasteiger partial charge in [-0.3, -0.25) is 9.59 Å². The zero-order valence-electron chi connectivity index (χ0n) is 14.9. The summed E-state index contributed by atoms with van der Waals surface area (Å²) in [5.41, 5.74) is 2.64. The number of hydrogen-bond donors (Lipinski definition) is 1. The Kier molecular flexibility index (Phi) is 4.48. The maximum Gasteiger partial charge on any atom is 0.290 e. The van der Waals surface area contributed by atoms with Crippen molar-refractivity contribution in [2.75, 3.05) is 24.5 Å². The molecule has 1 atom stereocenters. The number of rotatable bonds is 4. The molecule has 0 spiro atoms. The van der Waals surface area contributed by atoms with Gasteiger partial charge in [0.15, 0.2) is 0 Å². The first-order chi connectivity index (χ1) is 12.6. The third-order valence-corrected chi connectivity index (χ3v) is 5.32. The minimum Gasteiger partial charge on any atom is -0.370 e. The largest absolute Gasteiger partial charge is 0.370 e. The van der Waals surface area contributed by atoms with Gasteiger partial charge in [-0.05, 0) is 38.0 Å². The van der Waals surface area contributed by atoms with Crippen LogP contribution in [0.3, 0.4) is 0 Å². The van der Waals surface area contributed by atoms with E-state index >= 15 is 0 Å². The molecule has 1 saturated heterocycles. The van der Waals surface area contributed by atoms with Crippen LogP contribution in [0.25, 0.3) is 0 Å². The molecular weight excluding hydrogens is 334 g/mol. The molecule has 1 aliphatic heterocycles. The van der Waals surface area contributed by atoms with Gasteiger partial charge in [0, 0.05) is 38.3 Å². The van der Waals surface area contributed by atoms with E-state index in [0.29, 0.717) is 18.2 Å². The van der Waals surface area contributed by atoms with Gasteiger partial charge < -0.3 is 14.7 Å². The summed E-state index contributed by atoms with van der Waals surface area (Å²) in [4.78, 5) is 26.3. The molecule has 0 saturated carbocycles. The van der Waals surface area contributed by atoms with Crippen LogP contribution in [0.1, 0.15) is 41.1 Å². The molecule has 1 aliphatic carbocycles. The minimum atomic E-state index is -0.172. The molecular formula is C18H23N5O3. The van der Waals surface area contributed by atoms with Crippen LogP contribution >= 0.6 is 0 Å². The van der Waals surface area contributed by atoms with Crippen molar-refractivity contribution in [1.82, 2.24) is 20.3 Å². The van der Waals surface area contributed by atoms with Crippen LogP contribution in [-0.2, 0) is 19.9 Å². The van der Waals surface area contributed by atoms with Crippen LogP contribution in [0.2, 0.25) is 0 Å². The van der Waals surface area contributed by atoms with Gasteiger partial charge in [0.2, 0.25) is 5.76 Å². The lowest BCUT2D eigenvalue weighted by atomic mass is 9.96. The molecule has 1 N–H and O–H groups in total. The standard InChI is InChI=1S/C18H23N5O3/c1-22-16(24)8-13(10-20-22)23-7-6-12(11-23)9-19-18(25)17-14-4-2-3-5-15(14)21-26-17/h8,10,12H,2-7,9,11H2,1H3,(H,19,25). The molecule has 1 fully saturated rings. The number of aromatic nitrogens is 3. The number of nitrogens with one attached hydrogen (secondary N) is 1. The summed E-state index contributed by atoms with van der Waals surface area (Å²) in [5, 5.41) is 11.1. The molecule has 138 valence electrons. The number of carbonyl (C=O) groups is 1. The Morgan fingerprint density at radius 1 is 1.38 bits per heavy atom. The van der Waals surface area contributed by atoms with E-state index in [1.807, 2.05) is 0 Å². The predicted octanol–water partition coefficient (Wildman–Crippen LogP) is 0.903. The second-order valence-corrected chi connectivity index (χ2v) is 7.13. The van der Waals surface area contributed by atoms with Gasteiger partial charge in [-0.25, -0.2) is 4.68 Å². The van der Waals surface area contributed by atoms with E-state index in [1.54, 1.807) is 19.3 Å². The van der Waals surface area contributed by atoms with E-state index in [1.165, 1.54) is 4.68 Å². The predicted molar refractivity (Wildman–Crippen MR) is 95.3 cm³/mol. The van der Waals surface area contributed by atoms with Crippen LogP contribution in [0.4, 0.5) is 5.69 Å². The lowest BCUT2D eigenvalue weighted by Gasteiger charge is -2.18. The summed E-state index contributed by atoms with van der Waals surface area (Å²) in [6.07, 6.45) is 6.63. The fourth-order valence-corrected chi connectivity index (χ4v) is 3.75. The summed E-state index contributed by atoms with van der Waals surface area (Å²) < 4.78 is 6.61. The second-order valence-electron chi connectivity index (χ2n) is 7.13. The zero-order chi connectivity index (χ0) is 18.1. The minimum absolute atomic E-state index is 0.116. The number of anilines is 1. The maximum atomic E-state index is 12.5. The Bertz CT molecular complexity index is 872. The highest BCUT2D eigenvalue weighted by molar-refractivity contribution is 5.93. The first-order valence-electron chi connectivity index (χ1n) is 9.16. The van der Waals surface area contributed by atoms with Crippen LogP contribution < -0.4 is 15.8 Å². The molecule has 0 aromatic carbocycles. The summed E-state index contributed by atoms with van der Waals surface area (Å²) in [6.45, 7) is 2.24. The smallest absolute Gasteiger partial charge is 0.290 e. The summed E-state index contributed by atoms with van der Waals surface area (Å²) in [7, 11) is 1.64. The van der Waals surface area contributed by atoms with Crippen molar-refractivity contribution in [3.8, 4) is 0 Å². The van der Waals surface area contributed by atoms with Crippen molar-refractivity contribution >= 4 is 11.6 Å². The Labute approximate surface area is 151 Å². The van der Waals surface area contributed by atoms with E-state index in [9.17, 15) is 9.59 Å². The molecule has 1 unspecified atom stereocenters. The maximum absolute atomic E-state index is 12.5. The fraction of sp³-hybridized carbons (Fsp3) is 0.556. The lowest BCUT2D eigenvalue weighted by molar-refractivity contribution is 0.0910. The van der Waals surface area contributed by atoms with Crippen molar-refractivity contribution in [3.63, 3.8) is 0 Å². The average Bonchev–Trinajstić information content (AvgIpc) is 3.29. The van der Waals surface area contributed by atoms with Gasteiger partial charge in [0.1, 0.15) is 0 Å². The van der Waals surface area contributed by atoms with Crippen LogP contribution in [0, 0.1) is 5.92 Å². The molecule has 4 rings (SSSR count). The number of amides is 1. The molecule has 2 aliphatic rings. The Hall–Kier alpha value is -2.64. The molecule has 8 heteroatoms. The summed E-state index contributed by atoms with van der Waals surface area (Å²) in [5.74, 6) is 0.543. The second kappa shape index (κ2) is 6.93. The third-order valence-electron chi connectivity index (χ3n) is 5.32. The van der Waals surface area contributed by atoms with Gasteiger partial charge in [0.05, 0.1) is 17.6 Å². The highest BCUT2D eigenvalue weighted by Crippen LogP contribution is 2.24. The monoisotopic (exact) mass is 357 g/mol. The Balaban J connectivity index is 1.34. The fourth-order valence-electron chi connectivity index (χ4n) is 3.75. The number of aryl methyl sites for hydroxylation is 2. The molecule has 2 aromatic rings. The normalized spacial score (nSPS) is 19.4. The van der Waals surface area contributed by atoms with Crippen molar-refractivity contribution in [3.05, 3.63) is 39.6 Å². The molecule has 26 heavy (non-hydrogen) atoms. The van der Waals surface area contributed by atoms with E-state index in [0.717, 1.165) is 62.1 Å². The Morgan fingerprint density at radius 3 is 3.08 bits per heavy atom. The number of nitrogens with zero attached hydrogens (tertiary/aromatic N) is 4. The lowest BCUT2D eigenvalue weighted by Crippen LogP contribution is -2.31. The zero-order valence-corrected chi connectivity index (χ0v) is 14.9. The quantitative estimate of drug-likeness (QED) is 0.874. The number of hydrogen-bond acceptors (Lipinski definition) is 6. The van der Waals surface area contributed by atoms with Crippen LogP contribution in [0.15, 0.2) is 21.6 Å². The van der Waals surface area contributed by atoms with Gasteiger partial charge in [-0.15, -0.1) is 0 Å². The number of carbonyl (C=O) groups excluding carboxylic acids is 1. The highest BCUT2D eigenvalue weighted by atomic mass is 16.5. The molecule has 3 heterocycles. The molecule has 0 bridgehead atoms. The third kappa shape index (κ3) is 3.23. The average molecular weight is 357 g/mol. The van der Waals surface area contributed by atoms with Gasteiger partial charge in [0.25, 0.3) is 11.5 Å². The van der Waals surface area contributed by atoms with Gasteiger partial charge in [-0.2, -0.15) is 5.10 Å². The number of fused-ring (bicyclic) bond motifs is 1. The summed E-state index contributed by atoms with van der Waals surface area (Å²) >= 11 is 0. The van der Waals surface area contributed by atoms with E-state index in [-0.39, 0.29) is 11.5 Å². The van der Waals surface area contributed by atoms with Crippen LogP contribution in [-0.4, -0.2) is 40.5 Å². The molecule has 0 radical (unpaired) electrons. The molecule has 8 nitrogen and oxygen atoms in total. The van der Waals surface area contributed by atoms with Crippen molar-refractivity contribution in [2.45, 2.75) is 32.1 Å². The van der Waals surface area contributed by atoms with E-state index in [4.69, 9.17) is 4.52 Å². The topological polar surface area (TPSA) is 93.3 Å². The van der Waals surface area contributed by atoms with E-state index in [2.05, 4.69) is 20.5 Å². The SMILES string of the molecule is Cn1ncc(N2CCC(CNC(=O)c3onc4c3CCCC4)C2)cc1=O. The van der Waals surface area contributed by atoms with Gasteiger partial charge >= 0.3 is 0 Å². The van der Waals surface area contributed by atoms with Gasteiger partial charge in [-0.1, -0.05) is 5.16 Å². The molecule has 1 amide bonds. The molecule has 2 aromatic heterocycles. The van der Waals surface area contributed by atoms with Crippen molar-refractivity contribution in [2.24, 2.45) is 13.0 Å². The van der Waals surface area contributed by atoms with Crippen molar-refractivity contribution in [1.29, 1.82) is 0 Å². The first kappa shape index (κ1) is 16.8.